The summed E-state index contributed by atoms with van der Waals surface area (Å²) < 4.78 is 12.9. The minimum Gasteiger partial charge on any atom is -0.507 e. The van der Waals surface area contributed by atoms with Gasteiger partial charge in [0.15, 0.2) is 0 Å². The van der Waals surface area contributed by atoms with E-state index in [4.69, 9.17) is 0 Å². The number of piperidine rings is 1. The summed E-state index contributed by atoms with van der Waals surface area (Å²) in [6, 6.07) is 3.43. The van der Waals surface area contributed by atoms with Gasteiger partial charge in [0, 0.05) is 12.1 Å². The van der Waals surface area contributed by atoms with Gasteiger partial charge in [0.05, 0.1) is 5.56 Å². The van der Waals surface area contributed by atoms with Crippen molar-refractivity contribution in [2.45, 2.75) is 25.8 Å². The Morgan fingerprint density at radius 3 is 3.00 bits per heavy atom. The smallest absolute Gasteiger partial charge is 0.255 e. The van der Waals surface area contributed by atoms with E-state index in [-0.39, 0.29) is 23.3 Å². The predicted molar refractivity (Wildman–Crippen MR) is 70.6 cm³/mol. The first-order valence-electron chi connectivity index (χ1n) is 6.58. The van der Waals surface area contributed by atoms with Gasteiger partial charge in [0.2, 0.25) is 0 Å². The molecule has 0 aromatic heterocycles. The third-order valence-electron chi connectivity index (χ3n) is 3.61. The Morgan fingerprint density at radius 1 is 1.58 bits per heavy atom. The molecule has 104 valence electrons. The second-order valence-corrected chi connectivity index (χ2v) is 5.03. The van der Waals surface area contributed by atoms with Crippen molar-refractivity contribution in [2.24, 2.45) is 5.92 Å². The molecule has 0 aliphatic carbocycles. The fraction of sp³-hybridized carbons (Fsp3) is 0.500. The summed E-state index contributed by atoms with van der Waals surface area (Å²) >= 11 is 0. The maximum absolute atomic E-state index is 12.9. The van der Waals surface area contributed by atoms with Crippen LogP contribution < -0.4 is 10.6 Å². The average molecular weight is 266 g/mol. The van der Waals surface area contributed by atoms with Crippen LogP contribution in [0.4, 0.5) is 4.39 Å². The number of halogens is 1. The first-order chi connectivity index (χ1) is 9.08. The van der Waals surface area contributed by atoms with Crippen LogP contribution in [0.15, 0.2) is 18.2 Å². The van der Waals surface area contributed by atoms with Crippen molar-refractivity contribution in [1.82, 2.24) is 10.6 Å². The quantitative estimate of drug-likeness (QED) is 0.779. The first kappa shape index (κ1) is 13.8. The summed E-state index contributed by atoms with van der Waals surface area (Å²) in [7, 11) is 0. The average Bonchev–Trinajstić information content (AvgIpc) is 2.39. The van der Waals surface area contributed by atoms with E-state index in [0.29, 0.717) is 5.92 Å². The van der Waals surface area contributed by atoms with E-state index < -0.39 is 5.82 Å². The second kappa shape index (κ2) is 6.02. The lowest BCUT2D eigenvalue weighted by Gasteiger charge is -2.29. The SMILES string of the molecule is CC(NC(=O)c1ccc(F)cc1O)C1CCCNC1. The van der Waals surface area contributed by atoms with Gasteiger partial charge in [-0.2, -0.15) is 0 Å². The van der Waals surface area contributed by atoms with Crippen molar-refractivity contribution in [3.8, 4) is 5.75 Å². The number of rotatable bonds is 3. The molecule has 1 aromatic carbocycles. The third kappa shape index (κ3) is 3.44. The Hall–Kier alpha value is -1.62. The van der Waals surface area contributed by atoms with Gasteiger partial charge in [-0.1, -0.05) is 0 Å². The lowest BCUT2D eigenvalue weighted by Crippen LogP contribution is -2.44. The summed E-state index contributed by atoms with van der Waals surface area (Å²) in [5, 5.41) is 15.7. The van der Waals surface area contributed by atoms with Gasteiger partial charge in [-0.25, -0.2) is 4.39 Å². The van der Waals surface area contributed by atoms with Crippen molar-refractivity contribution in [3.63, 3.8) is 0 Å². The predicted octanol–water partition coefficient (Wildman–Crippen LogP) is 1.65. The molecule has 1 heterocycles. The molecule has 1 aliphatic rings. The van der Waals surface area contributed by atoms with Crippen molar-refractivity contribution >= 4 is 5.91 Å². The van der Waals surface area contributed by atoms with E-state index in [2.05, 4.69) is 10.6 Å². The molecule has 0 spiro atoms. The topological polar surface area (TPSA) is 61.4 Å². The zero-order chi connectivity index (χ0) is 13.8. The van der Waals surface area contributed by atoms with Crippen molar-refractivity contribution < 1.29 is 14.3 Å². The highest BCUT2D eigenvalue weighted by Gasteiger charge is 2.22. The first-order valence-corrected chi connectivity index (χ1v) is 6.58. The van der Waals surface area contributed by atoms with Crippen LogP contribution in [0.3, 0.4) is 0 Å². The molecule has 0 saturated carbocycles. The maximum atomic E-state index is 12.9. The lowest BCUT2D eigenvalue weighted by molar-refractivity contribution is 0.0919. The number of benzene rings is 1. The number of phenolic OH excluding ortho intramolecular Hbond substituents is 1. The molecule has 4 nitrogen and oxygen atoms in total. The summed E-state index contributed by atoms with van der Waals surface area (Å²) in [6.07, 6.45) is 2.18. The van der Waals surface area contributed by atoms with Gasteiger partial charge in [-0.05, 0) is 50.9 Å². The fourth-order valence-electron chi connectivity index (χ4n) is 2.40. The highest BCUT2D eigenvalue weighted by molar-refractivity contribution is 5.96. The Labute approximate surface area is 112 Å². The molecule has 1 fully saturated rings. The largest absolute Gasteiger partial charge is 0.507 e. The van der Waals surface area contributed by atoms with Crippen LogP contribution in [0.2, 0.25) is 0 Å². The Bertz CT molecular complexity index is 459. The Kier molecular flexibility index (Phi) is 4.37. The second-order valence-electron chi connectivity index (χ2n) is 5.03. The third-order valence-corrected chi connectivity index (χ3v) is 3.61. The fourth-order valence-corrected chi connectivity index (χ4v) is 2.40. The summed E-state index contributed by atoms with van der Waals surface area (Å²) in [5.74, 6) is -0.860. The molecule has 5 heteroatoms. The van der Waals surface area contributed by atoms with Crippen LogP contribution in [-0.4, -0.2) is 30.1 Å². The number of hydrogen-bond donors (Lipinski definition) is 3. The number of aromatic hydroxyl groups is 1. The molecule has 3 N–H and O–H groups in total. The number of carbonyl (C=O) groups excluding carboxylic acids is 1. The van der Waals surface area contributed by atoms with Crippen LogP contribution in [0.1, 0.15) is 30.1 Å². The molecule has 2 unspecified atom stereocenters. The molecule has 0 bridgehead atoms. The number of phenols is 1. The number of hydrogen-bond acceptors (Lipinski definition) is 3. The maximum Gasteiger partial charge on any atom is 0.255 e. The molecule has 19 heavy (non-hydrogen) atoms. The van der Waals surface area contributed by atoms with E-state index in [9.17, 15) is 14.3 Å². The monoisotopic (exact) mass is 266 g/mol. The van der Waals surface area contributed by atoms with Gasteiger partial charge in [0.1, 0.15) is 11.6 Å². The van der Waals surface area contributed by atoms with Gasteiger partial charge >= 0.3 is 0 Å². The molecule has 1 aromatic rings. The highest BCUT2D eigenvalue weighted by atomic mass is 19.1. The summed E-state index contributed by atoms with van der Waals surface area (Å²) in [5.41, 5.74) is 0.108. The number of carbonyl (C=O) groups is 1. The number of amides is 1. The van der Waals surface area contributed by atoms with Crippen LogP contribution >= 0.6 is 0 Å². The van der Waals surface area contributed by atoms with Gasteiger partial charge in [-0.15, -0.1) is 0 Å². The van der Waals surface area contributed by atoms with Crippen LogP contribution in [-0.2, 0) is 0 Å². The molecule has 2 atom stereocenters. The van der Waals surface area contributed by atoms with Gasteiger partial charge in [0.25, 0.3) is 5.91 Å². The van der Waals surface area contributed by atoms with Gasteiger partial charge in [-0.3, -0.25) is 4.79 Å². The normalized spacial score (nSPS) is 20.8. The van der Waals surface area contributed by atoms with E-state index >= 15 is 0 Å². The summed E-state index contributed by atoms with van der Waals surface area (Å²) in [6.45, 7) is 3.86. The van der Waals surface area contributed by atoms with E-state index in [0.717, 1.165) is 32.0 Å². The van der Waals surface area contributed by atoms with Crippen molar-refractivity contribution in [3.05, 3.63) is 29.6 Å². The Balaban J connectivity index is 1.99. The van der Waals surface area contributed by atoms with Crippen LogP contribution in [0.5, 0.6) is 5.75 Å². The zero-order valence-corrected chi connectivity index (χ0v) is 10.9. The van der Waals surface area contributed by atoms with Crippen molar-refractivity contribution in [2.75, 3.05) is 13.1 Å². The highest BCUT2D eigenvalue weighted by Crippen LogP contribution is 2.19. The molecular weight excluding hydrogens is 247 g/mol. The molecule has 1 aliphatic heterocycles. The molecule has 0 radical (unpaired) electrons. The standard InChI is InChI=1S/C14H19FN2O2/c1-9(10-3-2-6-16-8-10)17-14(19)12-5-4-11(15)7-13(12)18/h4-5,7,9-10,16,18H,2-3,6,8H2,1H3,(H,17,19). The lowest BCUT2D eigenvalue weighted by atomic mass is 9.92. The van der Waals surface area contributed by atoms with Crippen molar-refractivity contribution in [1.29, 1.82) is 0 Å². The molecule has 2 rings (SSSR count). The molecule has 1 amide bonds. The zero-order valence-electron chi connectivity index (χ0n) is 10.9. The van der Waals surface area contributed by atoms with E-state index in [1.54, 1.807) is 0 Å². The molecular formula is C14H19FN2O2. The summed E-state index contributed by atoms with van der Waals surface area (Å²) in [4.78, 5) is 12.0. The number of nitrogens with one attached hydrogen (secondary N) is 2. The van der Waals surface area contributed by atoms with E-state index in [1.165, 1.54) is 12.1 Å². The van der Waals surface area contributed by atoms with Crippen LogP contribution in [0.25, 0.3) is 0 Å². The van der Waals surface area contributed by atoms with E-state index in [1.807, 2.05) is 6.92 Å². The Morgan fingerprint density at radius 2 is 2.37 bits per heavy atom. The van der Waals surface area contributed by atoms with Gasteiger partial charge < -0.3 is 15.7 Å². The van der Waals surface area contributed by atoms with Crippen LogP contribution in [0, 0.1) is 11.7 Å². The minimum absolute atomic E-state index is 0.0183. The minimum atomic E-state index is -0.557. The molecule has 1 saturated heterocycles.